The Hall–Kier alpha value is -6.64. The Kier molecular flexibility index (Phi) is 6.05. The van der Waals surface area contributed by atoms with Crippen molar-refractivity contribution in [1.82, 2.24) is 9.13 Å². The maximum atomic E-state index is 2.46. The minimum absolute atomic E-state index is 0.948. The van der Waals surface area contributed by atoms with Crippen molar-refractivity contribution in [2.75, 3.05) is 0 Å². The topological polar surface area (TPSA) is 9.86 Å². The summed E-state index contributed by atoms with van der Waals surface area (Å²) in [4.78, 5) is 0. The van der Waals surface area contributed by atoms with Crippen molar-refractivity contribution in [3.63, 3.8) is 0 Å². The summed E-state index contributed by atoms with van der Waals surface area (Å²) in [6.45, 7) is 0. The molecular formula is C49H32N2. The highest BCUT2D eigenvalue weighted by molar-refractivity contribution is 6.15. The van der Waals surface area contributed by atoms with Gasteiger partial charge in [0.15, 0.2) is 0 Å². The van der Waals surface area contributed by atoms with Crippen molar-refractivity contribution in [1.29, 1.82) is 0 Å². The van der Waals surface area contributed by atoms with Gasteiger partial charge in [-0.3, -0.25) is 0 Å². The summed E-state index contributed by atoms with van der Waals surface area (Å²) in [6, 6.07) is 66.8. The highest BCUT2D eigenvalue weighted by Gasteiger charge is 2.25. The lowest BCUT2D eigenvalue weighted by molar-refractivity contribution is 1.18. The quantitative estimate of drug-likeness (QED) is 0.180. The molecule has 0 amide bonds. The molecule has 0 fully saturated rings. The van der Waals surface area contributed by atoms with Crippen LogP contribution in [0, 0.1) is 0 Å². The van der Waals surface area contributed by atoms with Crippen LogP contribution in [0.5, 0.6) is 0 Å². The number of fused-ring (bicyclic) bond motifs is 10. The second kappa shape index (κ2) is 10.9. The van der Waals surface area contributed by atoms with Crippen molar-refractivity contribution >= 4 is 43.6 Å². The lowest BCUT2D eigenvalue weighted by Crippen LogP contribution is -1.94. The maximum absolute atomic E-state index is 2.46. The molecule has 0 aliphatic heterocycles. The molecule has 0 spiro atoms. The largest absolute Gasteiger partial charge is 0.309 e. The van der Waals surface area contributed by atoms with Gasteiger partial charge in [-0.15, -0.1) is 0 Å². The third-order valence-corrected chi connectivity index (χ3v) is 11.0. The minimum Gasteiger partial charge on any atom is -0.309 e. The zero-order valence-corrected chi connectivity index (χ0v) is 27.9. The summed E-state index contributed by atoms with van der Waals surface area (Å²) < 4.78 is 4.85. The second-order valence-corrected chi connectivity index (χ2v) is 13.7. The molecule has 2 nitrogen and oxygen atoms in total. The van der Waals surface area contributed by atoms with Gasteiger partial charge in [-0.05, 0) is 112 Å². The highest BCUT2D eigenvalue weighted by Crippen LogP contribution is 2.45. The molecule has 0 bridgehead atoms. The Labute approximate surface area is 296 Å². The Morgan fingerprint density at radius 2 is 0.882 bits per heavy atom. The number of hydrogen-bond donors (Lipinski definition) is 0. The zero-order valence-electron chi connectivity index (χ0n) is 27.9. The van der Waals surface area contributed by atoms with E-state index in [-0.39, 0.29) is 0 Å². The molecule has 1 aliphatic rings. The van der Waals surface area contributed by atoms with E-state index >= 15 is 0 Å². The van der Waals surface area contributed by atoms with E-state index in [1.165, 1.54) is 99.5 Å². The summed E-state index contributed by atoms with van der Waals surface area (Å²) in [6.07, 6.45) is 0.948. The van der Waals surface area contributed by atoms with Crippen LogP contribution in [0.3, 0.4) is 0 Å². The number of benzene rings is 8. The van der Waals surface area contributed by atoms with Gasteiger partial charge < -0.3 is 9.13 Å². The number of hydrogen-bond acceptors (Lipinski definition) is 0. The summed E-state index contributed by atoms with van der Waals surface area (Å²) in [5.41, 5.74) is 17.7. The average molecular weight is 649 g/mol. The standard InChI is InChI=1S/C49H32N2/c1-3-11-32(12-4-1)33-19-23-38(24-20-33)51-47-27-22-35(30-44(47)49-43-31-36-13-7-8-16-39(36)40(43)25-28-48(49)51)34-21-26-46-42(29-34)41-17-9-10-18-45(41)50(46)37-14-5-2-6-15-37/h1-30H,31H2. The van der Waals surface area contributed by atoms with E-state index in [1.54, 1.807) is 0 Å². The van der Waals surface area contributed by atoms with Crippen molar-refractivity contribution in [3.05, 3.63) is 193 Å². The van der Waals surface area contributed by atoms with Gasteiger partial charge in [-0.2, -0.15) is 0 Å². The van der Waals surface area contributed by atoms with Gasteiger partial charge in [-0.1, -0.05) is 121 Å². The fourth-order valence-corrected chi connectivity index (χ4v) is 8.65. The van der Waals surface area contributed by atoms with Crippen LogP contribution in [0.2, 0.25) is 0 Å². The van der Waals surface area contributed by atoms with Gasteiger partial charge in [0.1, 0.15) is 0 Å². The Balaban J connectivity index is 1.13. The van der Waals surface area contributed by atoms with E-state index in [0.29, 0.717) is 0 Å². The van der Waals surface area contributed by atoms with E-state index in [0.717, 1.165) is 6.42 Å². The van der Waals surface area contributed by atoms with Crippen LogP contribution >= 0.6 is 0 Å². The molecule has 0 N–H and O–H groups in total. The van der Waals surface area contributed by atoms with Gasteiger partial charge in [0.05, 0.1) is 22.1 Å². The van der Waals surface area contributed by atoms with Crippen LogP contribution in [-0.2, 0) is 6.42 Å². The van der Waals surface area contributed by atoms with Gasteiger partial charge in [0, 0.05) is 32.9 Å². The predicted molar refractivity (Wildman–Crippen MR) is 214 cm³/mol. The molecule has 0 radical (unpaired) electrons. The van der Waals surface area contributed by atoms with Gasteiger partial charge in [0.2, 0.25) is 0 Å². The first kappa shape index (κ1) is 28.2. The van der Waals surface area contributed by atoms with Crippen LogP contribution < -0.4 is 0 Å². The molecule has 238 valence electrons. The first-order chi connectivity index (χ1) is 25.3. The summed E-state index contributed by atoms with van der Waals surface area (Å²) in [5, 5.41) is 5.19. The molecule has 2 heterocycles. The summed E-state index contributed by atoms with van der Waals surface area (Å²) in [7, 11) is 0. The first-order valence-corrected chi connectivity index (χ1v) is 17.7. The van der Waals surface area contributed by atoms with Gasteiger partial charge in [0.25, 0.3) is 0 Å². The molecule has 2 heteroatoms. The molecule has 11 rings (SSSR count). The number of para-hydroxylation sites is 2. The average Bonchev–Trinajstić information content (AvgIpc) is 3.86. The Bertz CT molecular complexity index is 2960. The van der Waals surface area contributed by atoms with Gasteiger partial charge >= 0.3 is 0 Å². The number of nitrogens with zero attached hydrogens (tertiary/aromatic N) is 2. The van der Waals surface area contributed by atoms with Crippen LogP contribution in [0.4, 0.5) is 0 Å². The lowest BCUT2D eigenvalue weighted by Gasteiger charge is -2.10. The molecule has 10 aromatic rings. The molecule has 0 unspecified atom stereocenters. The van der Waals surface area contributed by atoms with E-state index < -0.39 is 0 Å². The summed E-state index contributed by atoms with van der Waals surface area (Å²) >= 11 is 0. The summed E-state index contributed by atoms with van der Waals surface area (Å²) in [5.74, 6) is 0. The lowest BCUT2D eigenvalue weighted by atomic mass is 9.97. The monoisotopic (exact) mass is 648 g/mol. The number of aromatic nitrogens is 2. The zero-order chi connectivity index (χ0) is 33.5. The van der Waals surface area contributed by atoms with Crippen molar-refractivity contribution in [2.24, 2.45) is 0 Å². The van der Waals surface area contributed by atoms with Crippen LogP contribution in [0.25, 0.3) is 88.4 Å². The molecule has 8 aromatic carbocycles. The van der Waals surface area contributed by atoms with E-state index in [4.69, 9.17) is 0 Å². The van der Waals surface area contributed by atoms with Crippen molar-refractivity contribution in [3.8, 4) is 44.8 Å². The fourth-order valence-electron chi connectivity index (χ4n) is 8.65. The Morgan fingerprint density at radius 1 is 0.333 bits per heavy atom. The van der Waals surface area contributed by atoms with Crippen LogP contribution in [-0.4, -0.2) is 9.13 Å². The predicted octanol–water partition coefficient (Wildman–Crippen LogP) is 12.8. The van der Waals surface area contributed by atoms with E-state index in [9.17, 15) is 0 Å². The highest BCUT2D eigenvalue weighted by atomic mass is 15.0. The van der Waals surface area contributed by atoms with E-state index in [1.807, 2.05) is 0 Å². The van der Waals surface area contributed by atoms with E-state index in [2.05, 4.69) is 191 Å². The van der Waals surface area contributed by atoms with Crippen molar-refractivity contribution in [2.45, 2.75) is 6.42 Å². The fraction of sp³-hybridized carbons (Fsp3) is 0.0204. The molecule has 0 saturated carbocycles. The molecule has 0 saturated heterocycles. The smallest absolute Gasteiger partial charge is 0.0544 e. The maximum Gasteiger partial charge on any atom is 0.0544 e. The molecule has 0 atom stereocenters. The third-order valence-electron chi connectivity index (χ3n) is 11.0. The van der Waals surface area contributed by atoms with Crippen molar-refractivity contribution < 1.29 is 0 Å². The van der Waals surface area contributed by atoms with Crippen LogP contribution in [0.15, 0.2) is 182 Å². The SMILES string of the molecule is c1ccc(-c2ccc(-n3c4ccc(-c5ccc6c(c5)c5ccccc5n6-c5ccccc5)cc4c4c5c(ccc43)-c3ccccc3C5)cc2)cc1. The molecular weight excluding hydrogens is 617 g/mol. The third kappa shape index (κ3) is 4.23. The van der Waals surface area contributed by atoms with Gasteiger partial charge in [-0.25, -0.2) is 0 Å². The normalized spacial score (nSPS) is 12.2. The first-order valence-electron chi connectivity index (χ1n) is 17.7. The molecule has 1 aliphatic carbocycles. The van der Waals surface area contributed by atoms with Crippen LogP contribution in [0.1, 0.15) is 11.1 Å². The number of rotatable bonds is 4. The second-order valence-electron chi connectivity index (χ2n) is 13.7. The minimum atomic E-state index is 0.948. The molecule has 51 heavy (non-hydrogen) atoms. The molecule has 2 aromatic heterocycles. The Morgan fingerprint density at radius 3 is 1.69 bits per heavy atom.